The lowest BCUT2D eigenvalue weighted by molar-refractivity contribution is -0.118. The van der Waals surface area contributed by atoms with E-state index in [1.54, 1.807) is 18.3 Å². The molecular formula is C20H19ClN2O3S. The lowest BCUT2D eigenvalue weighted by atomic mass is 10.1. The molecule has 3 rings (SSSR count). The van der Waals surface area contributed by atoms with E-state index in [4.69, 9.17) is 21.1 Å². The molecule has 1 aromatic heterocycles. The van der Waals surface area contributed by atoms with Gasteiger partial charge in [-0.1, -0.05) is 35.9 Å². The number of hydrogen-bond acceptors (Lipinski definition) is 5. The molecule has 0 spiro atoms. The lowest BCUT2D eigenvalue weighted by Crippen LogP contribution is -2.20. The maximum absolute atomic E-state index is 12.1. The zero-order valence-electron chi connectivity index (χ0n) is 14.8. The number of benzene rings is 2. The van der Waals surface area contributed by atoms with Gasteiger partial charge in [-0.15, -0.1) is 11.3 Å². The van der Waals surface area contributed by atoms with E-state index in [0.717, 1.165) is 16.9 Å². The van der Waals surface area contributed by atoms with Crippen LogP contribution in [0.2, 0.25) is 5.02 Å². The monoisotopic (exact) mass is 402 g/mol. The fourth-order valence-electron chi connectivity index (χ4n) is 2.39. The molecule has 0 fully saturated rings. The van der Waals surface area contributed by atoms with Gasteiger partial charge in [0.25, 0.3) is 5.91 Å². The van der Waals surface area contributed by atoms with Crippen molar-refractivity contribution in [2.45, 2.75) is 13.3 Å². The van der Waals surface area contributed by atoms with Crippen molar-refractivity contribution in [2.75, 3.05) is 18.5 Å². The molecule has 7 heteroatoms. The Hall–Kier alpha value is -2.57. The van der Waals surface area contributed by atoms with Gasteiger partial charge < -0.3 is 9.47 Å². The predicted octanol–water partition coefficient (Wildman–Crippen LogP) is 4.80. The van der Waals surface area contributed by atoms with E-state index in [9.17, 15) is 4.79 Å². The molecule has 1 heterocycles. The molecule has 0 aliphatic rings. The van der Waals surface area contributed by atoms with Gasteiger partial charge in [0.2, 0.25) is 0 Å². The smallest absolute Gasteiger partial charge is 0.264 e. The first kappa shape index (κ1) is 19.2. The highest BCUT2D eigenvalue weighted by Crippen LogP contribution is 2.26. The molecule has 0 aliphatic heterocycles. The third kappa shape index (κ3) is 5.70. The van der Waals surface area contributed by atoms with Crippen molar-refractivity contribution in [3.63, 3.8) is 0 Å². The Morgan fingerprint density at radius 2 is 1.81 bits per heavy atom. The van der Waals surface area contributed by atoms with Gasteiger partial charge in [0, 0.05) is 22.5 Å². The molecular weight excluding hydrogens is 384 g/mol. The molecule has 0 atom stereocenters. The van der Waals surface area contributed by atoms with Crippen molar-refractivity contribution in [1.82, 2.24) is 4.98 Å². The van der Waals surface area contributed by atoms with Crippen molar-refractivity contribution in [3.05, 3.63) is 70.2 Å². The molecule has 0 bridgehead atoms. The second-order valence-electron chi connectivity index (χ2n) is 5.65. The molecule has 0 saturated carbocycles. The Morgan fingerprint density at radius 3 is 2.52 bits per heavy atom. The first-order valence-electron chi connectivity index (χ1n) is 8.47. The van der Waals surface area contributed by atoms with Crippen LogP contribution in [0, 0.1) is 0 Å². The van der Waals surface area contributed by atoms with Crippen LogP contribution in [0.15, 0.2) is 54.7 Å². The van der Waals surface area contributed by atoms with E-state index in [2.05, 4.69) is 10.3 Å². The number of para-hydroxylation sites is 2. The third-order valence-corrected chi connectivity index (χ3v) is 4.76. The number of nitrogens with zero attached hydrogens (tertiary/aromatic N) is 1. The van der Waals surface area contributed by atoms with Crippen molar-refractivity contribution >= 4 is 34.0 Å². The maximum Gasteiger partial charge on any atom is 0.264 e. The van der Waals surface area contributed by atoms with Gasteiger partial charge in [-0.25, -0.2) is 4.98 Å². The van der Waals surface area contributed by atoms with Gasteiger partial charge in [0.1, 0.15) is 0 Å². The van der Waals surface area contributed by atoms with Crippen LogP contribution in [-0.4, -0.2) is 24.1 Å². The summed E-state index contributed by atoms with van der Waals surface area (Å²) in [6.07, 6.45) is 2.50. The summed E-state index contributed by atoms with van der Waals surface area (Å²) in [6, 6.07) is 14.9. The highest BCUT2D eigenvalue weighted by molar-refractivity contribution is 7.15. The molecule has 2 aromatic carbocycles. The molecule has 140 valence electrons. The fraction of sp³-hybridized carbons (Fsp3) is 0.200. The maximum atomic E-state index is 12.1. The van der Waals surface area contributed by atoms with Gasteiger partial charge in [-0.3, -0.25) is 10.1 Å². The van der Waals surface area contributed by atoms with Gasteiger partial charge >= 0.3 is 0 Å². The number of carbonyl (C=O) groups excluding carboxylic acids is 1. The van der Waals surface area contributed by atoms with Crippen molar-refractivity contribution < 1.29 is 14.3 Å². The molecule has 0 radical (unpaired) electrons. The summed E-state index contributed by atoms with van der Waals surface area (Å²) in [4.78, 5) is 17.4. The standard InChI is InChI=1S/C20H19ClN2O3S/c1-2-25-17-5-3-4-6-18(17)26-13-19(24)23-20-22-12-16(27-20)11-14-7-9-15(21)10-8-14/h3-10,12H,2,11,13H2,1H3,(H,22,23,24). The Bertz CT molecular complexity index is 896. The van der Waals surface area contributed by atoms with Crippen LogP contribution < -0.4 is 14.8 Å². The fourth-order valence-corrected chi connectivity index (χ4v) is 3.38. The lowest BCUT2D eigenvalue weighted by Gasteiger charge is -2.10. The molecule has 1 N–H and O–H groups in total. The summed E-state index contributed by atoms with van der Waals surface area (Å²) in [7, 11) is 0. The van der Waals surface area contributed by atoms with Crippen molar-refractivity contribution in [3.8, 4) is 11.5 Å². The number of nitrogens with one attached hydrogen (secondary N) is 1. The zero-order valence-corrected chi connectivity index (χ0v) is 16.3. The van der Waals surface area contributed by atoms with Crippen LogP contribution in [-0.2, 0) is 11.2 Å². The molecule has 0 unspecified atom stereocenters. The normalized spacial score (nSPS) is 10.4. The number of aromatic nitrogens is 1. The van der Waals surface area contributed by atoms with Gasteiger partial charge in [0.05, 0.1) is 6.61 Å². The number of thiazole rings is 1. The third-order valence-electron chi connectivity index (χ3n) is 3.60. The second kappa shape index (κ2) is 9.39. The van der Waals surface area contributed by atoms with Crippen molar-refractivity contribution in [1.29, 1.82) is 0 Å². The van der Waals surface area contributed by atoms with Gasteiger partial charge in [0.15, 0.2) is 23.2 Å². The molecule has 5 nitrogen and oxygen atoms in total. The number of hydrogen-bond donors (Lipinski definition) is 1. The molecule has 3 aromatic rings. The van der Waals surface area contributed by atoms with E-state index < -0.39 is 0 Å². The summed E-state index contributed by atoms with van der Waals surface area (Å²) in [5.41, 5.74) is 1.14. The molecule has 0 aliphatic carbocycles. The minimum atomic E-state index is -0.270. The number of anilines is 1. The highest BCUT2D eigenvalue weighted by atomic mass is 35.5. The average molecular weight is 403 g/mol. The predicted molar refractivity (Wildman–Crippen MR) is 108 cm³/mol. The number of halogens is 1. The van der Waals surface area contributed by atoms with E-state index in [1.807, 2.05) is 43.3 Å². The van der Waals surface area contributed by atoms with Crippen LogP contribution in [0.4, 0.5) is 5.13 Å². The molecule has 1 amide bonds. The minimum Gasteiger partial charge on any atom is -0.490 e. The number of ether oxygens (including phenoxy) is 2. The Labute approximate surface area is 166 Å². The number of carbonyl (C=O) groups is 1. The summed E-state index contributed by atoms with van der Waals surface area (Å²) in [5.74, 6) is 0.887. The largest absolute Gasteiger partial charge is 0.490 e. The minimum absolute atomic E-state index is 0.115. The topological polar surface area (TPSA) is 60.5 Å². The zero-order chi connectivity index (χ0) is 19.1. The number of rotatable bonds is 8. The Morgan fingerprint density at radius 1 is 1.11 bits per heavy atom. The van der Waals surface area contributed by atoms with Crippen LogP contribution in [0.25, 0.3) is 0 Å². The average Bonchev–Trinajstić information content (AvgIpc) is 3.10. The Kier molecular flexibility index (Phi) is 6.68. The summed E-state index contributed by atoms with van der Waals surface area (Å²) < 4.78 is 11.0. The SMILES string of the molecule is CCOc1ccccc1OCC(=O)Nc1ncc(Cc2ccc(Cl)cc2)s1. The van der Waals surface area contributed by atoms with Gasteiger partial charge in [-0.2, -0.15) is 0 Å². The van der Waals surface area contributed by atoms with E-state index in [0.29, 0.717) is 28.3 Å². The second-order valence-corrected chi connectivity index (χ2v) is 7.20. The quantitative estimate of drug-likeness (QED) is 0.587. The first-order valence-corrected chi connectivity index (χ1v) is 9.67. The number of amides is 1. The van der Waals surface area contributed by atoms with Crippen LogP contribution in [0.3, 0.4) is 0 Å². The first-order chi connectivity index (χ1) is 13.1. The highest BCUT2D eigenvalue weighted by Gasteiger charge is 2.10. The summed E-state index contributed by atoms with van der Waals surface area (Å²) in [6.45, 7) is 2.31. The van der Waals surface area contributed by atoms with Crippen molar-refractivity contribution in [2.24, 2.45) is 0 Å². The summed E-state index contributed by atoms with van der Waals surface area (Å²) >= 11 is 7.34. The molecule has 27 heavy (non-hydrogen) atoms. The van der Waals surface area contributed by atoms with Crippen LogP contribution in [0.1, 0.15) is 17.4 Å². The van der Waals surface area contributed by atoms with E-state index in [1.165, 1.54) is 11.3 Å². The van der Waals surface area contributed by atoms with E-state index in [-0.39, 0.29) is 12.5 Å². The van der Waals surface area contributed by atoms with Crippen LogP contribution >= 0.6 is 22.9 Å². The molecule has 0 saturated heterocycles. The Balaban J connectivity index is 1.53. The van der Waals surface area contributed by atoms with E-state index >= 15 is 0 Å². The van der Waals surface area contributed by atoms with Gasteiger partial charge in [-0.05, 0) is 36.8 Å². The summed E-state index contributed by atoms with van der Waals surface area (Å²) in [5, 5.41) is 4.02. The van der Waals surface area contributed by atoms with Crippen LogP contribution in [0.5, 0.6) is 11.5 Å².